The summed E-state index contributed by atoms with van der Waals surface area (Å²) >= 11 is 1.52. The van der Waals surface area contributed by atoms with E-state index in [4.69, 9.17) is 0 Å². The predicted molar refractivity (Wildman–Crippen MR) is 89.1 cm³/mol. The SMILES string of the molecule is CC(=O)c1ccc(F)s1.CCOC(=O)C(=O)CC(=O)c1ccc(F)s1. The third kappa shape index (κ3) is 7.02. The molecule has 2 rings (SSSR count). The Balaban J connectivity index is 0.000000293. The molecular formula is C16H14F2O5S2. The van der Waals surface area contributed by atoms with Gasteiger partial charge < -0.3 is 4.74 Å². The second kappa shape index (κ2) is 9.90. The summed E-state index contributed by atoms with van der Waals surface area (Å²) in [6.07, 6.45) is -0.585. The van der Waals surface area contributed by atoms with E-state index in [1.807, 2.05) is 0 Å². The molecular weight excluding hydrogens is 374 g/mol. The summed E-state index contributed by atoms with van der Waals surface area (Å²) < 4.78 is 29.2. The quantitative estimate of drug-likeness (QED) is 0.326. The van der Waals surface area contributed by atoms with Crippen molar-refractivity contribution < 1.29 is 32.7 Å². The van der Waals surface area contributed by atoms with E-state index >= 15 is 0 Å². The maximum absolute atomic E-state index is 12.6. The lowest BCUT2D eigenvalue weighted by molar-refractivity contribution is -0.153. The number of esters is 1. The molecule has 134 valence electrons. The number of hydrogen-bond acceptors (Lipinski definition) is 7. The number of hydrogen-bond donors (Lipinski definition) is 0. The molecule has 0 aromatic carbocycles. The van der Waals surface area contributed by atoms with Gasteiger partial charge >= 0.3 is 5.97 Å². The van der Waals surface area contributed by atoms with Gasteiger partial charge in [0.05, 0.1) is 22.8 Å². The fourth-order valence-corrected chi connectivity index (χ4v) is 2.78. The molecule has 0 fully saturated rings. The number of rotatable bonds is 6. The second-order valence-corrected chi connectivity index (χ2v) is 6.58. The van der Waals surface area contributed by atoms with Crippen LogP contribution in [0.15, 0.2) is 24.3 Å². The van der Waals surface area contributed by atoms with Gasteiger partial charge in [-0.1, -0.05) is 0 Å². The molecule has 0 atom stereocenters. The van der Waals surface area contributed by atoms with Crippen LogP contribution in [-0.2, 0) is 14.3 Å². The summed E-state index contributed by atoms with van der Waals surface area (Å²) in [7, 11) is 0. The Kier molecular flexibility index (Phi) is 8.23. The fraction of sp³-hybridized carbons (Fsp3) is 0.250. The lowest BCUT2D eigenvalue weighted by Gasteiger charge is -1.98. The first-order valence-electron chi connectivity index (χ1n) is 6.99. The summed E-state index contributed by atoms with van der Waals surface area (Å²) in [6, 6.07) is 5.19. The normalized spacial score (nSPS) is 9.76. The van der Waals surface area contributed by atoms with Crippen LogP contribution in [0.1, 0.15) is 39.6 Å². The zero-order chi connectivity index (χ0) is 19.0. The van der Waals surface area contributed by atoms with Crippen molar-refractivity contribution in [2.75, 3.05) is 6.61 Å². The first kappa shape index (κ1) is 20.8. The van der Waals surface area contributed by atoms with E-state index < -0.39 is 29.1 Å². The third-order valence-corrected chi connectivity index (χ3v) is 4.48. The van der Waals surface area contributed by atoms with E-state index in [0.29, 0.717) is 16.2 Å². The first-order valence-corrected chi connectivity index (χ1v) is 8.62. The molecule has 0 aliphatic heterocycles. The van der Waals surface area contributed by atoms with E-state index in [1.54, 1.807) is 6.92 Å². The number of carbonyl (C=O) groups is 4. The Hall–Kier alpha value is -2.26. The Morgan fingerprint density at radius 3 is 1.84 bits per heavy atom. The molecule has 25 heavy (non-hydrogen) atoms. The molecule has 0 saturated heterocycles. The van der Waals surface area contributed by atoms with Crippen molar-refractivity contribution in [3.63, 3.8) is 0 Å². The van der Waals surface area contributed by atoms with Crippen molar-refractivity contribution in [1.29, 1.82) is 0 Å². The largest absolute Gasteiger partial charge is 0.460 e. The van der Waals surface area contributed by atoms with Crippen molar-refractivity contribution in [3.8, 4) is 0 Å². The predicted octanol–water partition coefficient (Wildman–Crippen LogP) is 3.68. The zero-order valence-electron chi connectivity index (χ0n) is 13.3. The van der Waals surface area contributed by atoms with Gasteiger partial charge in [0.15, 0.2) is 21.8 Å². The highest BCUT2D eigenvalue weighted by Crippen LogP contribution is 2.16. The van der Waals surface area contributed by atoms with E-state index in [-0.39, 0.29) is 22.4 Å². The topological polar surface area (TPSA) is 77.5 Å². The summed E-state index contributed by atoms with van der Waals surface area (Å²) in [5, 5.41) is -0.813. The van der Waals surface area contributed by atoms with Crippen LogP contribution in [-0.4, -0.2) is 29.9 Å². The highest BCUT2D eigenvalue weighted by Gasteiger charge is 2.20. The molecule has 0 radical (unpaired) electrons. The summed E-state index contributed by atoms with van der Waals surface area (Å²) in [5.41, 5.74) is 0. The minimum atomic E-state index is -1.03. The van der Waals surface area contributed by atoms with E-state index in [0.717, 1.165) is 17.4 Å². The van der Waals surface area contributed by atoms with E-state index in [9.17, 15) is 28.0 Å². The highest BCUT2D eigenvalue weighted by atomic mass is 32.1. The van der Waals surface area contributed by atoms with Gasteiger partial charge in [0.1, 0.15) is 0 Å². The standard InChI is InChI=1S/C10H9FO4S.C6H5FOS/c1-2-15-10(14)7(13)5-6(12)8-3-4-9(11)16-8;1-4(8)5-2-3-6(7)9-5/h3-4H,2,5H2,1H3;2-3H,1H3. The van der Waals surface area contributed by atoms with Gasteiger partial charge in [-0.3, -0.25) is 14.4 Å². The van der Waals surface area contributed by atoms with Crippen LogP contribution in [0.2, 0.25) is 0 Å². The summed E-state index contributed by atoms with van der Waals surface area (Å²) in [5.74, 6) is -2.61. The molecule has 0 N–H and O–H groups in total. The number of halogens is 2. The minimum Gasteiger partial charge on any atom is -0.460 e. The summed E-state index contributed by atoms with van der Waals surface area (Å²) in [6.45, 7) is 3.05. The Labute approximate surface area is 150 Å². The molecule has 2 aromatic rings. The smallest absolute Gasteiger partial charge is 0.375 e. The molecule has 2 aromatic heterocycles. The van der Waals surface area contributed by atoms with Crippen LogP contribution in [0.5, 0.6) is 0 Å². The Bertz CT molecular complexity index is 779. The first-order chi connectivity index (χ1) is 11.7. The molecule has 0 aliphatic carbocycles. The van der Waals surface area contributed by atoms with Gasteiger partial charge in [0.25, 0.3) is 0 Å². The number of carbonyl (C=O) groups excluding carboxylic acids is 4. The third-order valence-electron chi connectivity index (χ3n) is 2.59. The molecule has 0 saturated carbocycles. The molecule has 0 spiro atoms. The average molecular weight is 388 g/mol. The van der Waals surface area contributed by atoms with Crippen molar-refractivity contribution in [3.05, 3.63) is 44.3 Å². The van der Waals surface area contributed by atoms with E-state index in [1.165, 1.54) is 25.1 Å². The lowest BCUT2D eigenvalue weighted by Crippen LogP contribution is -2.20. The Morgan fingerprint density at radius 1 is 0.960 bits per heavy atom. The van der Waals surface area contributed by atoms with Crippen LogP contribution in [0.3, 0.4) is 0 Å². The van der Waals surface area contributed by atoms with Gasteiger partial charge in [0.2, 0.25) is 5.78 Å². The lowest BCUT2D eigenvalue weighted by atomic mass is 10.2. The number of Topliss-reactive ketones (excluding diaryl/α,β-unsaturated/α-hetero) is 3. The van der Waals surface area contributed by atoms with Crippen LogP contribution in [0.4, 0.5) is 8.78 Å². The van der Waals surface area contributed by atoms with Crippen LogP contribution in [0, 0.1) is 10.3 Å². The maximum Gasteiger partial charge on any atom is 0.375 e. The van der Waals surface area contributed by atoms with Gasteiger partial charge in [-0.2, -0.15) is 8.78 Å². The van der Waals surface area contributed by atoms with Crippen molar-refractivity contribution in [2.45, 2.75) is 20.3 Å². The Morgan fingerprint density at radius 2 is 1.48 bits per heavy atom. The molecule has 0 amide bonds. The molecule has 0 bridgehead atoms. The second-order valence-electron chi connectivity index (χ2n) is 4.51. The van der Waals surface area contributed by atoms with Crippen LogP contribution >= 0.6 is 22.7 Å². The minimum absolute atomic E-state index is 0.0758. The number of ether oxygens (including phenoxy) is 1. The highest BCUT2D eigenvalue weighted by molar-refractivity contribution is 7.12. The number of thiophene rings is 2. The average Bonchev–Trinajstić information content (AvgIpc) is 3.16. The number of ketones is 3. The molecule has 0 aliphatic rings. The van der Waals surface area contributed by atoms with Gasteiger partial charge in [-0.25, -0.2) is 4.79 Å². The maximum atomic E-state index is 12.6. The van der Waals surface area contributed by atoms with Crippen molar-refractivity contribution >= 4 is 46.0 Å². The zero-order valence-corrected chi connectivity index (χ0v) is 15.0. The van der Waals surface area contributed by atoms with Crippen LogP contribution < -0.4 is 0 Å². The van der Waals surface area contributed by atoms with Gasteiger partial charge in [-0.05, 0) is 38.1 Å². The summed E-state index contributed by atoms with van der Waals surface area (Å²) in [4.78, 5) is 44.6. The molecule has 9 heteroatoms. The van der Waals surface area contributed by atoms with Crippen molar-refractivity contribution in [2.24, 2.45) is 0 Å². The fourth-order valence-electron chi connectivity index (χ4n) is 1.48. The van der Waals surface area contributed by atoms with E-state index in [2.05, 4.69) is 4.74 Å². The van der Waals surface area contributed by atoms with Crippen molar-refractivity contribution in [1.82, 2.24) is 0 Å². The molecule has 5 nitrogen and oxygen atoms in total. The van der Waals surface area contributed by atoms with Gasteiger partial charge in [-0.15, -0.1) is 22.7 Å². The molecule has 0 unspecified atom stereocenters. The van der Waals surface area contributed by atoms with Crippen LogP contribution in [0.25, 0.3) is 0 Å². The monoisotopic (exact) mass is 388 g/mol. The van der Waals surface area contributed by atoms with Gasteiger partial charge in [0, 0.05) is 0 Å². The molecule has 2 heterocycles.